The van der Waals surface area contributed by atoms with Gasteiger partial charge in [0.1, 0.15) is 0 Å². The van der Waals surface area contributed by atoms with Crippen LogP contribution in [0.2, 0.25) is 0 Å². The van der Waals surface area contributed by atoms with Gasteiger partial charge < -0.3 is 10.3 Å². The highest BCUT2D eigenvalue weighted by Gasteiger charge is 2.15. The number of rotatable bonds is 4. The first kappa shape index (κ1) is 16.6. The summed E-state index contributed by atoms with van der Waals surface area (Å²) in [5.41, 5.74) is 12.3. The lowest BCUT2D eigenvalue weighted by molar-refractivity contribution is -0.384. The van der Waals surface area contributed by atoms with Crippen LogP contribution in [0.25, 0.3) is 5.69 Å². The molecular weight excluding hydrogens is 314 g/mol. The van der Waals surface area contributed by atoms with E-state index in [0.717, 1.165) is 28.2 Å². The van der Waals surface area contributed by atoms with Crippen molar-refractivity contribution in [3.05, 3.63) is 56.9 Å². The maximum atomic E-state index is 11.0. The lowest BCUT2D eigenvalue weighted by Crippen LogP contribution is -2.24. The van der Waals surface area contributed by atoms with E-state index in [4.69, 9.17) is 18.0 Å². The summed E-state index contributed by atoms with van der Waals surface area (Å²) in [6, 6.07) is 6.76. The van der Waals surface area contributed by atoms with Crippen molar-refractivity contribution in [2.75, 3.05) is 0 Å². The number of hydrogen-bond acceptors (Lipinski definition) is 4. The Morgan fingerprint density at radius 1 is 1.39 bits per heavy atom. The predicted molar refractivity (Wildman–Crippen MR) is 94.1 cm³/mol. The van der Waals surface area contributed by atoms with Gasteiger partial charge >= 0.3 is 0 Å². The topological polar surface area (TPSA) is 98.5 Å². The Bertz CT molecular complexity index is 810. The first-order valence-corrected chi connectivity index (χ1v) is 7.25. The average Bonchev–Trinajstić information content (AvgIpc) is 2.74. The summed E-state index contributed by atoms with van der Waals surface area (Å²) in [5.74, 6) is 0. The summed E-state index contributed by atoms with van der Waals surface area (Å²) >= 11 is 4.69. The smallest absolute Gasteiger partial charge is 0.271 e. The van der Waals surface area contributed by atoms with Crippen molar-refractivity contribution in [1.29, 1.82) is 0 Å². The van der Waals surface area contributed by atoms with Crippen molar-refractivity contribution in [2.24, 2.45) is 10.8 Å². The van der Waals surface area contributed by atoms with Gasteiger partial charge in [0.25, 0.3) is 5.69 Å². The van der Waals surface area contributed by atoms with Crippen molar-refractivity contribution in [1.82, 2.24) is 9.99 Å². The van der Waals surface area contributed by atoms with E-state index in [1.165, 1.54) is 6.07 Å². The molecule has 0 radical (unpaired) electrons. The summed E-state index contributed by atoms with van der Waals surface area (Å²) in [4.78, 5) is 10.6. The number of nitrogens with two attached hydrogens (primary N) is 1. The second-order valence-corrected chi connectivity index (χ2v) is 5.56. The van der Waals surface area contributed by atoms with E-state index >= 15 is 0 Å². The number of non-ortho nitro benzene ring substituents is 1. The van der Waals surface area contributed by atoms with E-state index in [1.807, 2.05) is 31.4 Å². The Morgan fingerprint density at radius 2 is 2.09 bits per heavy atom. The first-order valence-electron chi connectivity index (χ1n) is 6.84. The molecular formula is C15H17N5O2S. The van der Waals surface area contributed by atoms with Crippen LogP contribution in [0.4, 0.5) is 5.69 Å². The molecule has 23 heavy (non-hydrogen) atoms. The third-order valence-electron chi connectivity index (χ3n) is 3.49. The molecule has 0 aliphatic heterocycles. The number of nitro groups is 1. The standard InChI is InChI=1S/C15H17N5O2S/c1-9-4-5-13(20(21)22)7-14(9)19-10(2)6-12(11(19)3)8-17-18-15(16)23/h4-8H,1-3H3,(H3,16,18,23). The van der Waals surface area contributed by atoms with Gasteiger partial charge in [0.05, 0.1) is 16.8 Å². The van der Waals surface area contributed by atoms with Crippen LogP contribution >= 0.6 is 12.2 Å². The molecule has 0 unspecified atom stereocenters. The fraction of sp³-hybridized carbons (Fsp3) is 0.200. The average molecular weight is 331 g/mol. The van der Waals surface area contributed by atoms with Crippen molar-refractivity contribution in [3.63, 3.8) is 0 Å². The third-order valence-corrected chi connectivity index (χ3v) is 3.58. The molecule has 0 aliphatic carbocycles. The molecule has 8 heteroatoms. The lowest BCUT2D eigenvalue weighted by Gasteiger charge is -2.12. The Morgan fingerprint density at radius 3 is 2.70 bits per heavy atom. The van der Waals surface area contributed by atoms with Gasteiger partial charge in [0.15, 0.2) is 5.11 Å². The summed E-state index contributed by atoms with van der Waals surface area (Å²) in [6.45, 7) is 5.77. The van der Waals surface area contributed by atoms with Gasteiger partial charge in [-0.2, -0.15) is 5.10 Å². The summed E-state index contributed by atoms with van der Waals surface area (Å²) < 4.78 is 1.96. The first-order chi connectivity index (χ1) is 10.8. The molecule has 0 atom stereocenters. The number of aryl methyl sites for hydroxylation is 2. The van der Waals surface area contributed by atoms with Gasteiger partial charge in [-0.05, 0) is 44.6 Å². The molecule has 2 rings (SSSR count). The normalized spacial score (nSPS) is 10.9. The third kappa shape index (κ3) is 3.54. The molecule has 0 amide bonds. The highest BCUT2D eigenvalue weighted by molar-refractivity contribution is 7.80. The van der Waals surface area contributed by atoms with Crippen molar-refractivity contribution in [2.45, 2.75) is 20.8 Å². The number of nitrogens with zero attached hydrogens (tertiary/aromatic N) is 3. The Balaban J connectivity index is 2.51. The van der Waals surface area contributed by atoms with Crippen molar-refractivity contribution >= 4 is 29.2 Å². The van der Waals surface area contributed by atoms with Gasteiger partial charge in [0, 0.05) is 29.1 Å². The van der Waals surface area contributed by atoms with Gasteiger partial charge in [-0.3, -0.25) is 15.5 Å². The second-order valence-electron chi connectivity index (χ2n) is 5.12. The van der Waals surface area contributed by atoms with E-state index in [0.29, 0.717) is 0 Å². The molecule has 0 bridgehead atoms. The number of benzene rings is 1. The molecule has 0 saturated carbocycles. The van der Waals surface area contributed by atoms with Gasteiger partial charge in [-0.15, -0.1) is 0 Å². The fourth-order valence-corrected chi connectivity index (χ4v) is 2.46. The molecule has 120 valence electrons. The Kier molecular flexibility index (Phi) is 4.75. The van der Waals surface area contributed by atoms with Crippen LogP contribution in [0.1, 0.15) is 22.5 Å². The predicted octanol–water partition coefficient (Wildman–Crippen LogP) is 2.48. The molecule has 0 spiro atoms. The van der Waals surface area contributed by atoms with Crippen LogP contribution in [0, 0.1) is 30.9 Å². The number of aromatic nitrogens is 1. The maximum Gasteiger partial charge on any atom is 0.271 e. The van der Waals surface area contributed by atoms with Gasteiger partial charge in [0.2, 0.25) is 0 Å². The maximum absolute atomic E-state index is 11.0. The molecule has 1 heterocycles. The van der Waals surface area contributed by atoms with E-state index in [-0.39, 0.29) is 10.8 Å². The number of hydrazone groups is 1. The minimum absolute atomic E-state index is 0.0588. The van der Waals surface area contributed by atoms with E-state index in [9.17, 15) is 10.1 Å². The largest absolute Gasteiger partial charge is 0.375 e. The van der Waals surface area contributed by atoms with Crippen LogP contribution in [0.3, 0.4) is 0 Å². The zero-order valence-corrected chi connectivity index (χ0v) is 13.8. The molecule has 7 nitrogen and oxygen atoms in total. The lowest BCUT2D eigenvalue weighted by atomic mass is 10.1. The van der Waals surface area contributed by atoms with E-state index < -0.39 is 4.92 Å². The van der Waals surface area contributed by atoms with Crippen LogP contribution in [-0.4, -0.2) is 20.8 Å². The molecule has 0 saturated heterocycles. The Labute approximate surface area is 138 Å². The van der Waals surface area contributed by atoms with Crippen molar-refractivity contribution in [3.8, 4) is 5.69 Å². The number of thiocarbonyl (C=S) groups is 1. The molecule has 2 aromatic rings. The van der Waals surface area contributed by atoms with Crippen molar-refractivity contribution < 1.29 is 4.92 Å². The van der Waals surface area contributed by atoms with Crippen LogP contribution in [0.15, 0.2) is 29.4 Å². The van der Waals surface area contributed by atoms with Crippen LogP contribution in [-0.2, 0) is 0 Å². The highest BCUT2D eigenvalue weighted by Crippen LogP contribution is 2.26. The molecule has 1 aromatic carbocycles. The van der Waals surface area contributed by atoms with Gasteiger partial charge in [-0.1, -0.05) is 6.07 Å². The minimum atomic E-state index is -0.397. The monoisotopic (exact) mass is 331 g/mol. The fourth-order valence-electron chi connectivity index (χ4n) is 2.41. The molecule has 3 N–H and O–H groups in total. The Hall–Kier alpha value is -2.74. The quantitative estimate of drug-likeness (QED) is 0.388. The van der Waals surface area contributed by atoms with E-state index in [1.54, 1.807) is 18.3 Å². The number of nitro benzene ring substituents is 1. The zero-order valence-electron chi connectivity index (χ0n) is 13.0. The number of hydrogen-bond donors (Lipinski definition) is 2. The highest BCUT2D eigenvalue weighted by atomic mass is 32.1. The summed E-state index contributed by atoms with van der Waals surface area (Å²) in [6.07, 6.45) is 1.62. The van der Waals surface area contributed by atoms with Gasteiger partial charge in [-0.25, -0.2) is 0 Å². The summed E-state index contributed by atoms with van der Waals surface area (Å²) in [7, 11) is 0. The SMILES string of the molecule is Cc1ccc([N+](=O)[O-])cc1-n1c(C)cc(C=NNC(N)=S)c1C. The minimum Gasteiger partial charge on any atom is -0.375 e. The number of nitrogens with one attached hydrogen (secondary N) is 1. The molecule has 1 aromatic heterocycles. The molecule has 0 fully saturated rings. The van der Waals surface area contributed by atoms with Crippen LogP contribution in [0.5, 0.6) is 0 Å². The summed E-state index contributed by atoms with van der Waals surface area (Å²) in [5, 5.41) is 15.1. The van der Waals surface area contributed by atoms with Crippen LogP contribution < -0.4 is 11.2 Å². The van der Waals surface area contributed by atoms with E-state index in [2.05, 4.69) is 10.5 Å². The second kappa shape index (κ2) is 6.57. The molecule has 0 aliphatic rings. The zero-order chi connectivity index (χ0) is 17.1.